The minimum Gasteiger partial charge on any atom is -0.359 e. The van der Waals surface area contributed by atoms with E-state index in [4.69, 9.17) is 4.74 Å². The Labute approximate surface area is 118 Å². The number of benzene rings is 1. The molecule has 94 valence electrons. The predicted octanol–water partition coefficient (Wildman–Crippen LogP) is 4.12. The third kappa shape index (κ3) is 2.43. The minimum absolute atomic E-state index is 0.158. The van der Waals surface area contributed by atoms with Crippen LogP contribution in [-0.4, -0.2) is 17.8 Å². The maximum absolute atomic E-state index is 5.43. The third-order valence-corrected chi connectivity index (χ3v) is 4.36. The Balaban J connectivity index is 1.79. The largest absolute Gasteiger partial charge is 0.359 e. The number of methoxy groups -OCH3 is 1. The number of ether oxygens (including phenoxy) is 1. The van der Waals surface area contributed by atoms with Gasteiger partial charge in [-0.15, -0.1) is 11.3 Å². The summed E-state index contributed by atoms with van der Waals surface area (Å²) in [5.41, 5.74) is 1.97. The van der Waals surface area contributed by atoms with E-state index >= 15 is 0 Å². The topological polar surface area (TPSA) is 34.1 Å². The fraction of sp³-hybridized carbons (Fsp3) is 0.308. The van der Waals surface area contributed by atoms with Crippen molar-refractivity contribution in [3.63, 3.8) is 0 Å². The molecule has 1 saturated carbocycles. The standard InChI is InChI=1S/C13H13BrN2OS/c1-17-13(6-7-13)16-12-15-11(8-18-12)9-2-4-10(14)5-3-9/h2-5,8H,6-7H2,1H3,(H,15,16). The molecule has 2 aromatic rings. The second-order valence-corrected chi connectivity index (χ2v) is 6.14. The van der Waals surface area contributed by atoms with Crippen molar-refractivity contribution in [2.45, 2.75) is 18.6 Å². The van der Waals surface area contributed by atoms with E-state index in [2.05, 4.69) is 43.7 Å². The zero-order valence-corrected chi connectivity index (χ0v) is 12.3. The zero-order valence-electron chi connectivity index (χ0n) is 9.94. The summed E-state index contributed by atoms with van der Waals surface area (Å²) in [6.07, 6.45) is 2.10. The van der Waals surface area contributed by atoms with Crippen molar-refractivity contribution < 1.29 is 4.74 Å². The van der Waals surface area contributed by atoms with Crippen LogP contribution in [0.15, 0.2) is 34.1 Å². The smallest absolute Gasteiger partial charge is 0.185 e. The van der Waals surface area contributed by atoms with Gasteiger partial charge in [-0.25, -0.2) is 4.98 Å². The number of rotatable bonds is 4. The number of nitrogens with one attached hydrogen (secondary N) is 1. The SMILES string of the molecule is COC1(Nc2nc(-c3ccc(Br)cc3)cs2)CC1. The lowest BCUT2D eigenvalue weighted by Crippen LogP contribution is -2.22. The van der Waals surface area contributed by atoms with E-state index < -0.39 is 0 Å². The molecule has 0 saturated heterocycles. The molecule has 0 amide bonds. The van der Waals surface area contributed by atoms with E-state index in [-0.39, 0.29) is 5.72 Å². The Morgan fingerprint density at radius 2 is 2.06 bits per heavy atom. The average Bonchev–Trinajstić information content (AvgIpc) is 3.00. The lowest BCUT2D eigenvalue weighted by atomic mass is 10.2. The Hall–Kier alpha value is -0.910. The molecule has 1 N–H and O–H groups in total. The van der Waals surface area contributed by atoms with Crippen molar-refractivity contribution in [2.75, 3.05) is 12.4 Å². The molecule has 0 unspecified atom stereocenters. The molecule has 0 atom stereocenters. The maximum atomic E-state index is 5.43. The van der Waals surface area contributed by atoms with Gasteiger partial charge in [0.1, 0.15) is 5.72 Å². The van der Waals surface area contributed by atoms with Crippen LogP contribution < -0.4 is 5.32 Å². The Kier molecular flexibility index (Phi) is 3.13. The Bertz CT molecular complexity index is 548. The Morgan fingerprint density at radius 1 is 1.33 bits per heavy atom. The monoisotopic (exact) mass is 324 g/mol. The van der Waals surface area contributed by atoms with Gasteiger partial charge in [0.2, 0.25) is 0 Å². The number of anilines is 1. The van der Waals surface area contributed by atoms with E-state index in [1.807, 2.05) is 12.1 Å². The second-order valence-electron chi connectivity index (χ2n) is 4.37. The van der Waals surface area contributed by atoms with E-state index in [0.717, 1.165) is 33.7 Å². The van der Waals surface area contributed by atoms with Gasteiger partial charge in [-0.05, 0) is 25.0 Å². The van der Waals surface area contributed by atoms with Crippen LogP contribution in [0.4, 0.5) is 5.13 Å². The molecular formula is C13H13BrN2OS. The van der Waals surface area contributed by atoms with Gasteiger partial charge >= 0.3 is 0 Å². The van der Waals surface area contributed by atoms with Gasteiger partial charge in [0.15, 0.2) is 5.13 Å². The van der Waals surface area contributed by atoms with Crippen molar-refractivity contribution in [3.8, 4) is 11.3 Å². The van der Waals surface area contributed by atoms with Crippen molar-refractivity contribution in [2.24, 2.45) is 0 Å². The van der Waals surface area contributed by atoms with E-state index in [1.54, 1.807) is 18.4 Å². The first-order chi connectivity index (χ1) is 8.71. The summed E-state index contributed by atoms with van der Waals surface area (Å²) >= 11 is 5.05. The number of thiazole rings is 1. The van der Waals surface area contributed by atoms with Crippen molar-refractivity contribution in [1.82, 2.24) is 4.98 Å². The summed E-state index contributed by atoms with van der Waals surface area (Å²) in [4.78, 5) is 4.60. The second kappa shape index (κ2) is 4.64. The number of hydrogen-bond donors (Lipinski definition) is 1. The van der Waals surface area contributed by atoms with Crippen LogP contribution in [0, 0.1) is 0 Å². The van der Waals surface area contributed by atoms with Crippen molar-refractivity contribution in [1.29, 1.82) is 0 Å². The van der Waals surface area contributed by atoms with Crippen molar-refractivity contribution in [3.05, 3.63) is 34.1 Å². The molecule has 5 heteroatoms. The highest BCUT2D eigenvalue weighted by molar-refractivity contribution is 9.10. The molecule has 0 aliphatic heterocycles. The van der Waals surface area contributed by atoms with Crippen LogP contribution in [0.25, 0.3) is 11.3 Å². The lowest BCUT2D eigenvalue weighted by molar-refractivity contribution is 0.105. The minimum atomic E-state index is -0.158. The summed E-state index contributed by atoms with van der Waals surface area (Å²) in [5.74, 6) is 0. The molecular weight excluding hydrogens is 312 g/mol. The number of hydrogen-bond acceptors (Lipinski definition) is 4. The Morgan fingerprint density at radius 3 is 2.67 bits per heavy atom. The van der Waals surface area contributed by atoms with Gasteiger partial charge in [0.25, 0.3) is 0 Å². The van der Waals surface area contributed by atoms with Gasteiger partial charge in [0.05, 0.1) is 5.69 Å². The van der Waals surface area contributed by atoms with Crippen LogP contribution in [0.1, 0.15) is 12.8 Å². The molecule has 3 rings (SSSR count). The summed E-state index contributed by atoms with van der Waals surface area (Å²) in [6, 6.07) is 8.18. The molecule has 1 heterocycles. The van der Waals surface area contributed by atoms with E-state index in [1.165, 1.54) is 0 Å². The summed E-state index contributed by atoms with van der Waals surface area (Å²) < 4.78 is 6.51. The molecule has 18 heavy (non-hydrogen) atoms. The third-order valence-electron chi connectivity index (χ3n) is 3.07. The summed E-state index contributed by atoms with van der Waals surface area (Å²) in [5, 5.41) is 6.35. The molecule has 0 radical (unpaired) electrons. The average molecular weight is 325 g/mol. The highest BCUT2D eigenvalue weighted by Crippen LogP contribution is 2.40. The van der Waals surface area contributed by atoms with Crippen molar-refractivity contribution >= 4 is 32.4 Å². The highest BCUT2D eigenvalue weighted by Gasteiger charge is 2.43. The van der Waals surface area contributed by atoms with E-state index in [0.29, 0.717) is 0 Å². The molecule has 1 aromatic carbocycles. The van der Waals surface area contributed by atoms with Crippen LogP contribution >= 0.6 is 27.3 Å². The molecule has 0 spiro atoms. The first kappa shape index (κ1) is 12.1. The van der Waals surface area contributed by atoms with Gasteiger partial charge in [0, 0.05) is 22.5 Å². The summed E-state index contributed by atoms with van der Waals surface area (Å²) in [7, 11) is 1.74. The fourth-order valence-electron chi connectivity index (χ4n) is 1.77. The molecule has 1 aliphatic rings. The maximum Gasteiger partial charge on any atom is 0.185 e. The quantitative estimate of drug-likeness (QED) is 0.859. The lowest BCUT2D eigenvalue weighted by Gasteiger charge is -2.13. The molecule has 0 bridgehead atoms. The molecule has 1 fully saturated rings. The predicted molar refractivity (Wildman–Crippen MR) is 77.8 cm³/mol. The normalized spacial score (nSPS) is 16.6. The van der Waals surface area contributed by atoms with Crippen LogP contribution in [-0.2, 0) is 4.74 Å². The van der Waals surface area contributed by atoms with E-state index in [9.17, 15) is 0 Å². The molecule has 1 aliphatic carbocycles. The molecule has 1 aromatic heterocycles. The van der Waals surface area contributed by atoms with Crippen LogP contribution in [0.5, 0.6) is 0 Å². The first-order valence-corrected chi connectivity index (χ1v) is 7.43. The van der Waals surface area contributed by atoms with Gasteiger partial charge in [-0.1, -0.05) is 28.1 Å². The summed E-state index contributed by atoms with van der Waals surface area (Å²) in [6.45, 7) is 0. The van der Waals surface area contributed by atoms with Gasteiger partial charge < -0.3 is 10.1 Å². The highest BCUT2D eigenvalue weighted by atomic mass is 79.9. The fourth-order valence-corrected chi connectivity index (χ4v) is 2.85. The first-order valence-electron chi connectivity index (χ1n) is 5.76. The van der Waals surface area contributed by atoms with Gasteiger partial charge in [-0.2, -0.15) is 0 Å². The number of nitrogens with zero attached hydrogens (tertiary/aromatic N) is 1. The van der Waals surface area contributed by atoms with Crippen LogP contribution in [0.3, 0.4) is 0 Å². The van der Waals surface area contributed by atoms with Gasteiger partial charge in [-0.3, -0.25) is 0 Å². The van der Waals surface area contributed by atoms with Crippen LogP contribution in [0.2, 0.25) is 0 Å². The molecule has 3 nitrogen and oxygen atoms in total. The zero-order chi connectivity index (χ0) is 12.6. The number of halogens is 1. The number of aromatic nitrogens is 1.